The molecular formula is C29H33N3O4. The fourth-order valence-corrected chi connectivity index (χ4v) is 6.09. The van der Waals surface area contributed by atoms with Gasteiger partial charge in [0.2, 0.25) is 5.91 Å². The highest BCUT2D eigenvalue weighted by molar-refractivity contribution is 6.03. The Morgan fingerprint density at radius 3 is 2.14 bits per heavy atom. The molecule has 2 aromatic rings. The molecule has 1 saturated carbocycles. The second-order valence-electron chi connectivity index (χ2n) is 10.2. The number of nitrogens with one attached hydrogen (secondary N) is 1. The molecule has 3 fully saturated rings. The third-order valence-corrected chi connectivity index (χ3v) is 7.92. The van der Waals surface area contributed by atoms with Crippen molar-refractivity contribution in [3.8, 4) is 0 Å². The summed E-state index contributed by atoms with van der Waals surface area (Å²) in [6.45, 7) is 0.414. The topological polar surface area (TPSA) is 86.8 Å². The highest BCUT2D eigenvalue weighted by Gasteiger charge is 2.52. The fourth-order valence-electron chi connectivity index (χ4n) is 6.09. The molecule has 1 aliphatic carbocycles. The van der Waals surface area contributed by atoms with Gasteiger partial charge in [0, 0.05) is 17.7 Å². The van der Waals surface area contributed by atoms with Gasteiger partial charge < -0.3 is 15.1 Å². The van der Waals surface area contributed by atoms with Gasteiger partial charge >= 0.3 is 0 Å². The summed E-state index contributed by atoms with van der Waals surface area (Å²) in [6.07, 6.45) is 6.73. The molecule has 0 spiro atoms. The Hall–Kier alpha value is -3.48. The van der Waals surface area contributed by atoms with Gasteiger partial charge in [-0.2, -0.15) is 0 Å². The summed E-state index contributed by atoms with van der Waals surface area (Å²) in [6, 6.07) is 16.2. The monoisotopic (exact) mass is 487 g/mol. The molecule has 2 heterocycles. The van der Waals surface area contributed by atoms with Crippen LogP contribution in [0.2, 0.25) is 0 Å². The molecule has 2 saturated heterocycles. The number of likely N-dealkylation sites (tertiary alicyclic amines) is 2. The van der Waals surface area contributed by atoms with Gasteiger partial charge in [0.15, 0.2) is 5.78 Å². The lowest BCUT2D eigenvalue weighted by molar-refractivity contribution is -0.138. The SMILES string of the molecule is O=C(N[C@@H](CC1CCCCC1)C(=O)N1CCC2C1C(=O)CN2C(=O)c1ccccc1)c1ccccc1. The van der Waals surface area contributed by atoms with E-state index in [0.717, 1.165) is 25.7 Å². The number of hydrogen-bond donors (Lipinski definition) is 1. The van der Waals surface area contributed by atoms with Gasteiger partial charge in [0.05, 0.1) is 12.6 Å². The van der Waals surface area contributed by atoms with E-state index in [0.29, 0.717) is 36.4 Å². The summed E-state index contributed by atoms with van der Waals surface area (Å²) >= 11 is 0. The van der Waals surface area contributed by atoms with Gasteiger partial charge in [-0.15, -0.1) is 0 Å². The van der Waals surface area contributed by atoms with Crippen molar-refractivity contribution >= 4 is 23.5 Å². The van der Waals surface area contributed by atoms with Gasteiger partial charge in [-0.1, -0.05) is 68.5 Å². The van der Waals surface area contributed by atoms with Crippen LogP contribution in [0, 0.1) is 5.92 Å². The number of amides is 3. The molecule has 5 rings (SSSR count). The smallest absolute Gasteiger partial charge is 0.254 e. The predicted octanol–water partition coefficient (Wildman–Crippen LogP) is 3.45. The average molecular weight is 488 g/mol. The first kappa shape index (κ1) is 24.2. The number of hydrogen-bond acceptors (Lipinski definition) is 4. The number of ketones is 1. The minimum atomic E-state index is -0.689. The molecule has 2 aromatic carbocycles. The molecule has 1 N–H and O–H groups in total. The number of nitrogens with zero attached hydrogens (tertiary/aromatic N) is 2. The van der Waals surface area contributed by atoms with Crippen molar-refractivity contribution in [3.05, 3.63) is 71.8 Å². The van der Waals surface area contributed by atoms with E-state index in [2.05, 4.69) is 5.32 Å². The normalized spacial score (nSPS) is 22.8. The van der Waals surface area contributed by atoms with E-state index in [1.807, 2.05) is 12.1 Å². The molecule has 188 valence electrons. The van der Waals surface area contributed by atoms with E-state index in [-0.39, 0.29) is 36.1 Å². The largest absolute Gasteiger partial charge is 0.340 e. The van der Waals surface area contributed by atoms with Crippen LogP contribution in [0.4, 0.5) is 0 Å². The highest BCUT2D eigenvalue weighted by atomic mass is 16.2. The van der Waals surface area contributed by atoms with Crippen LogP contribution in [0.15, 0.2) is 60.7 Å². The van der Waals surface area contributed by atoms with Crippen LogP contribution in [-0.2, 0) is 9.59 Å². The lowest BCUT2D eigenvalue weighted by atomic mass is 9.84. The van der Waals surface area contributed by atoms with Crippen molar-refractivity contribution in [2.24, 2.45) is 5.92 Å². The Kier molecular flexibility index (Phi) is 7.16. The first-order valence-electron chi connectivity index (χ1n) is 13.1. The van der Waals surface area contributed by atoms with Gasteiger partial charge in [0.25, 0.3) is 11.8 Å². The van der Waals surface area contributed by atoms with Gasteiger partial charge in [-0.25, -0.2) is 0 Å². The number of carbonyl (C=O) groups excluding carboxylic acids is 4. The lowest BCUT2D eigenvalue weighted by Crippen LogP contribution is -2.53. The Labute approximate surface area is 211 Å². The summed E-state index contributed by atoms with van der Waals surface area (Å²) < 4.78 is 0. The van der Waals surface area contributed by atoms with E-state index in [4.69, 9.17) is 0 Å². The van der Waals surface area contributed by atoms with Crippen LogP contribution < -0.4 is 5.32 Å². The van der Waals surface area contributed by atoms with Crippen molar-refractivity contribution in [2.45, 2.75) is 63.1 Å². The Morgan fingerprint density at radius 1 is 0.833 bits per heavy atom. The zero-order valence-electron chi connectivity index (χ0n) is 20.5. The van der Waals surface area contributed by atoms with Crippen molar-refractivity contribution in [1.82, 2.24) is 15.1 Å². The lowest BCUT2D eigenvalue weighted by Gasteiger charge is -2.31. The van der Waals surface area contributed by atoms with E-state index in [9.17, 15) is 19.2 Å². The highest BCUT2D eigenvalue weighted by Crippen LogP contribution is 2.33. The number of fused-ring (bicyclic) bond motifs is 1. The fraction of sp³-hybridized carbons (Fsp3) is 0.448. The minimum Gasteiger partial charge on any atom is -0.340 e. The van der Waals surface area contributed by atoms with E-state index < -0.39 is 12.1 Å². The Balaban J connectivity index is 1.34. The van der Waals surface area contributed by atoms with E-state index >= 15 is 0 Å². The van der Waals surface area contributed by atoms with Crippen molar-refractivity contribution in [3.63, 3.8) is 0 Å². The molecule has 3 amide bonds. The van der Waals surface area contributed by atoms with Crippen molar-refractivity contribution in [2.75, 3.05) is 13.1 Å². The number of Topliss-reactive ketones (excluding diaryl/α,β-unsaturated/α-hetero) is 1. The van der Waals surface area contributed by atoms with Gasteiger partial charge in [-0.3, -0.25) is 19.2 Å². The molecule has 7 nitrogen and oxygen atoms in total. The molecule has 0 bridgehead atoms. The molecule has 0 aromatic heterocycles. The minimum absolute atomic E-state index is 0.0104. The van der Waals surface area contributed by atoms with Crippen molar-refractivity contribution < 1.29 is 19.2 Å². The van der Waals surface area contributed by atoms with Gasteiger partial charge in [0.1, 0.15) is 12.1 Å². The van der Waals surface area contributed by atoms with E-state index in [1.165, 1.54) is 6.42 Å². The average Bonchev–Trinajstić information content (AvgIpc) is 3.50. The molecule has 3 atom stereocenters. The molecule has 2 unspecified atom stereocenters. The summed E-state index contributed by atoms with van der Waals surface area (Å²) in [4.78, 5) is 56.4. The van der Waals surface area contributed by atoms with Crippen LogP contribution in [0.5, 0.6) is 0 Å². The number of rotatable bonds is 6. The molecule has 2 aliphatic heterocycles. The molecule has 7 heteroatoms. The van der Waals surface area contributed by atoms with Crippen LogP contribution >= 0.6 is 0 Å². The maximum atomic E-state index is 13.9. The first-order valence-corrected chi connectivity index (χ1v) is 13.1. The van der Waals surface area contributed by atoms with Gasteiger partial charge in [-0.05, 0) is 43.0 Å². The summed E-state index contributed by atoms with van der Waals surface area (Å²) in [5.41, 5.74) is 1.05. The molecule has 0 radical (unpaired) electrons. The zero-order valence-corrected chi connectivity index (χ0v) is 20.5. The Morgan fingerprint density at radius 2 is 1.47 bits per heavy atom. The van der Waals surface area contributed by atoms with Crippen LogP contribution in [0.1, 0.15) is 65.7 Å². The zero-order chi connectivity index (χ0) is 25.1. The Bertz CT molecular complexity index is 1110. The van der Waals surface area contributed by atoms with E-state index in [1.54, 1.807) is 58.3 Å². The quantitative estimate of drug-likeness (QED) is 0.676. The third kappa shape index (κ3) is 4.92. The summed E-state index contributed by atoms with van der Waals surface area (Å²) in [5.74, 6) is -0.403. The number of carbonyl (C=O) groups is 4. The third-order valence-electron chi connectivity index (χ3n) is 7.92. The summed E-state index contributed by atoms with van der Waals surface area (Å²) in [7, 11) is 0. The van der Waals surface area contributed by atoms with Crippen LogP contribution in [0.3, 0.4) is 0 Å². The molecule has 36 heavy (non-hydrogen) atoms. The van der Waals surface area contributed by atoms with Crippen LogP contribution in [-0.4, -0.2) is 64.5 Å². The standard InChI is InChI=1S/C29H33N3O4/c33-25-19-32(28(35)22-14-8-3-9-15-22)24-16-17-31(26(24)25)29(36)23(18-20-10-4-1-5-11-20)30-27(34)21-12-6-2-7-13-21/h2-3,6-9,12-15,20,23-24,26H,1,4-5,10-11,16-19H2,(H,30,34)/t23-,24?,26?/m0/s1. The second kappa shape index (κ2) is 10.6. The predicted molar refractivity (Wildman–Crippen MR) is 135 cm³/mol. The molecular weight excluding hydrogens is 454 g/mol. The maximum Gasteiger partial charge on any atom is 0.254 e. The second-order valence-corrected chi connectivity index (χ2v) is 10.2. The first-order chi connectivity index (χ1) is 17.5. The van der Waals surface area contributed by atoms with Crippen LogP contribution in [0.25, 0.3) is 0 Å². The summed E-state index contributed by atoms with van der Waals surface area (Å²) in [5, 5.41) is 2.99. The number of benzene rings is 2. The maximum absolute atomic E-state index is 13.9. The molecule has 3 aliphatic rings. The van der Waals surface area contributed by atoms with Crippen molar-refractivity contribution in [1.29, 1.82) is 0 Å².